The van der Waals surface area contributed by atoms with Crippen molar-refractivity contribution in [3.8, 4) is 11.6 Å². The molecule has 0 bridgehead atoms. The van der Waals surface area contributed by atoms with Crippen LogP contribution >= 0.6 is 12.4 Å². The van der Waals surface area contributed by atoms with Crippen LogP contribution in [0.2, 0.25) is 0 Å². The zero-order valence-corrected chi connectivity index (χ0v) is 18.8. The maximum absolute atomic E-state index is 13.0. The fraction of sp³-hybridized carbons (Fsp3) is 0.304. The number of ether oxygens (including phenoxy) is 1. The number of amides is 1. The quantitative estimate of drug-likeness (QED) is 0.493. The van der Waals surface area contributed by atoms with Gasteiger partial charge in [-0.3, -0.25) is 4.79 Å². The Labute approximate surface area is 200 Å². The Bertz CT molecular complexity index is 1120. The largest absolute Gasteiger partial charge is 0.438 e. The molecular weight excluding hydrogens is 471 g/mol. The van der Waals surface area contributed by atoms with Crippen molar-refractivity contribution in [2.75, 3.05) is 0 Å². The van der Waals surface area contributed by atoms with Crippen LogP contribution in [0.15, 0.2) is 60.9 Å². The number of carbonyl (C=O) groups is 1. The molecule has 2 heterocycles. The van der Waals surface area contributed by atoms with Crippen LogP contribution in [0.4, 0.5) is 13.2 Å². The highest BCUT2D eigenvalue weighted by atomic mass is 35.5. The van der Waals surface area contributed by atoms with Crippen molar-refractivity contribution in [1.29, 1.82) is 0 Å². The van der Waals surface area contributed by atoms with E-state index in [4.69, 9.17) is 10.5 Å². The molecule has 4 rings (SSSR count). The Kier molecular flexibility index (Phi) is 7.73. The predicted molar refractivity (Wildman–Crippen MR) is 121 cm³/mol. The molecule has 0 aliphatic heterocycles. The lowest BCUT2D eigenvalue weighted by Gasteiger charge is -2.37. The summed E-state index contributed by atoms with van der Waals surface area (Å²) in [6, 6.07) is 13.0. The number of hydrogen-bond acceptors (Lipinski definition) is 6. The van der Waals surface area contributed by atoms with E-state index in [2.05, 4.69) is 20.3 Å². The Morgan fingerprint density at radius 3 is 2.41 bits per heavy atom. The van der Waals surface area contributed by atoms with E-state index in [0.717, 1.165) is 12.3 Å². The van der Waals surface area contributed by atoms with Crippen LogP contribution in [0.1, 0.15) is 53.5 Å². The normalized spacial score (nSPS) is 20.2. The summed E-state index contributed by atoms with van der Waals surface area (Å²) in [6.45, 7) is 0. The van der Waals surface area contributed by atoms with E-state index in [1.165, 1.54) is 6.20 Å². The van der Waals surface area contributed by atoms with E-state index < -0.39 is 23.4 Å². The molecule has 11 heteroatoms. The molecule has 2 aromatic heterocycles. The van der Waals surface area contributed by atoms with Crippen LogP contribution < -0.4 is 15.8 Å². The molecular formula is C23H23ClF3N5O2. The number of pyridine rings is 1. The minimum atomic E-state index is -4.53. The minimum absolute atomic E-state index is 0. The number of para-hydroxylation sites is 1. The van der Waals surface area contributed by atoms with E-state index in [0.29, 0.717) is 31.4 Å². The molecule has 0 saturated heterocycles. The van der Waals surface area contributed by atoms with Crippen LogP contribution in [0.3, 0.4) is 0 Å². The van der Waals surface area contributed by atoms with Crippen molar-refractivity contribution in [3.63, 3.8) is 0 Å². The smallest absolute Gasteiger partial charge is 0.433 e. The van der Waals surface area contributed by atoms with Gasteiger partial charge in [0.25, 0.3) is 5.91 Å². The molecule has 1 amide bonds. The molecule has 0 unspecified atom stereocenters. The van der Waals surface area contributed by atoms with Gasteiger partial charge in [-0.05, 0) is 56.0 Å². The summed E-state index contributed by atoms with van der Waals surface area (Å²) >= 11 is 0. The van der Waals surface area contributed by atoms with Gasteiger partial charge in [0.2, 0.25) is 5.88 Å². The van der Waals surface area contributed by atoms with Gasteiger partial charge in [0.05, 0.1) is 5.66 Å². The topological polar surface area (TPSA) is 103 Å². The van der Waals surface area contributed by atoms with Gasteiger partial charge in [-0.1, -0.05) is 18.2 Å². The number of nitrogens with two attached hydrogens (primary N) is 1. The second-order valence-corrected chi connectivity index (χ2v) is 7.95. The Balaban J connectivity index is 0.00000324. The Hall–Kier alpha value is -3.24. The van der Waals surface area contributed by atoms with Gasteiger partial charge in [0.1, 0.15) is 22.8 Å². The van der Waals surface area contributed by atoms with Gasteiger partial charge in [-0.25, -0.2) is 15.0 Å². The highest BCUT2D eigenvalue weighted by Crippen LogP contribution is 2.36. The summed E-state index contributed by atoms with van der Waals surface area (Å²) in [5.41, 5.74) is 4.67. The Morgan fingerprint density at radius 2 is 1.74 bits per heavy atom. The first-order valence-electron chi connectivity index (χ1n) is 10.4. The summed E-state index contributed by atoms with van der Waals surface area (Å²) in [5.74, 6) is 0.121. The molecule has 0 atom stereocenters. The number of aromatic nitrogens is 3. The Morgan fingerprint density at radius 1 is 1.03 bits per heavy atom. The second-order valence-electron chi connectivity index (χ2n) is 7.95. The van der Waals surface area contributed by atoms with Gasteiger partial charge in [-0.2, -0.15) is 13.2 Å². The minimum Gasteiger partial charge on any atom is -0.438 e. The average molecular weight is 494 g/mol. The van der Waals surface area contributed by atoms with Crippen molar-refractivity contribution in [2.24, 2.45) is 5.73 Å². The highest BCUT2D eigenvalue weighted by molar-refractivity contribution is 5.96. The number of nitrogens with zero attached hydrogens (tertiary/aromatic N) is 3. The van der Waals surface area contributed by atoms with E-state index in [-0.39, 0.29) is 35.6 Å². The number of alkyl halides is 3. The molecule has 1 fully saturated rings. The summed E-state index contributed by atoms with van der Waals surface area (Å²) in [6.07, 6.45) is -0.282. The zero-order valence-electron chi connectivity index (χ0n) is 18.0. The van der Waals surface area contributed by atoms with E-state index >= 15 is 0 Å². The zero-order chi connectivity index (χ0) is 23.5. The van der Waals surface area contributed by atoms with Gasteiger partial charge < -0.3 is 15.8 Å². The summed E-state index contributed by atoms with van der Waals surface area (Å²) in [5, 5.41) is 2.84. The molecule has 0 spiro atoms. The molecule has 1 aromatic carbocycles. The third-order valence-electron chi connectivity index (χ3n) is 5.54. The average Bonchev–Trinajstić information content (AvgIpc) is 2.80. The van der Waals surface area contributed by atoms with Gasteiger partial charge in [-0.15, -0.1) is 12.4 Å². The number of benzene rings is 1. The maximum Gasteiger partial charge on any atom is 0.433 e. The molecule has 0 radical (unpaired) electrons. The fourth-order valence-corrected chi connectivity index (χ4v) is 3.78. The van der Waals surface area contributed by atoms with Crippen molar-refractivity contribution >= 4 is 18.3 Å². The van der Waals surface area contributed by atoms with E-state index in [9.17, 15) is 18.0 Å². The molecule has 1 aliphatic carbocycles. The van der Waals surface area contributed by atoms with E-state index in [1.807, 2.05) is 6.07 Å². The first kappa shape index (κ1) is 25.4. The molecule has 180 valence electrons. The molecule has 7 nitrogen and oxygen atoms in total. The first-order valence-corrected chi connectivity index (χ1v) is 10.4. The highest BCUT2D eigenvalue weighted by Gasteiger charge is 2.37. The summed E-state index contributed by atoms with van der Waals surface area (Å²) in [7, 11) is 0. The van der Waals surface area contributed by atoms with Gasteiger partial charge in [0, 0.05) is 18.3 Å². The maximum atomic E-state index is 13.0. The van der Waals surface area contributed by atoms with Crippen LogP contribution in [0.5, 0.6) is 11.6 Å². The van der Waals surface area contributed by atoms with Crippen molar-refractivity contribution < 1.29 is 22.7 Å². The monoisotopic (exact) mass is 493 g/mol. The number of halogens is 4. The second kappa shape index (κ2) is 10.4. The lowest BCUT2D eigenvalue weighted by atomic mass is 9.81. The number of carbonyl (C=O) groups excluding carboxylic acids is 1. The third kappa shape index (κ3) is 6.00. The number of nitrogens with one attached hydrogen (secondary N) is 1. The van der Waals surface area contributed by atoms with Gasteiger partial charge >= 0.3 is 6.18 Å². The van der Waals surface area contributed by atoms with Crippen LogP contribution in [0.25, 0.3) is 0 Å². The SMILES string of the molecule is Cl.NC1(NC(=O)c2cccnc2Oc2ccccc2)CCC(c2nccc(C(F)(F)F)n2)CC1. The van der Waals surface area contributed by atoms with Gasteiger partial charge in [0.15, 0.2) is 0 Å². The standard InChI is InChI=1S/C23H22F3N5O2.ClH/c24-23(25,26)18-10-14-28-19(30-18)15-8-11-22(27,12-9-15)31-20(32)17-7-4-13-29-21(17)33-16-5-2-1-3-6-16;/h1-7,10,13-15H,8-9,11-12,27H2,(H,31,32);1H. The summed E-state index contributed by atoms with van der Waals surface area (Å²) < 4.78 is 44.6. The molecule has 3 N–H and O–H groups in total. The third-order valence-corrected chi connectivity index (χ3v) is 5.54. The first-order chi connectivity index (χ1) is 15.7. The van der Waals surface area contributed by atoms with Crippen LogP contribution in [-0.4, -0.2) is 26.5 Å². The van der Waals surface area contributed by atoms with Crippen molar-refractivity contribution in [2.45, 2.75) is 43.4 Å². The molecule has 1 aliphatic rings. The molecule has 1 saturated carbocycles. The number of rotatable bonds is 5. The lowest BCUT2D eigenvalue weighted by Crippen LogP contribution is -2.57. The molecule has 3 aromatic rings. The van der Waals surface area contributed by atoms with Crippen molar-refractivity contribution in [1.82, 2.24) is 20.3 Å². The van der Waals surface area contributed by atoms with Crippen LogP contribution in [0, 0.1) is 0 Å². The number of hydrogen-bond donors (Lipinski definition) is 2. The van der Waals surface area contributed by atoms with Crippen molar-refractivity contribution in [3.05, 3.63) is 78.0 Å². The van der Waals surface area contributed by atoms with Crippen LogP contribution in [-0.2, 0) is 6.18 Å². The lowest BCUT2D eigenvalue weighted by molar-refractivity contribution is -0.141. The molecule has 34 heavy (non-hydrogen) atoms. The summed E-state index contributed by atoms with van der Waals surface area (Å²) in [4.78, 5) is 24.8. The predicted octanol–water partition coefficient (Wildman–Crippen LogP) is 4.85. The van der Waals surface area contributed by atoms with E-state index in [1.54, 1.807) is 36.4 Å². The fourth-order valence-electron chi connectivity index (χ4n) is 3.78.